The van der Waals surface area contributed by atoms with Gasteiger partial charge in [-0.1, -0.05) is 61.5 Å². The van der Waals surface area contributed by atoms with E-state index in [1.807, 2.05) is 129 Å². The van der Waals surface area contributed by atoms with E-state index >= 15 is 0 Å². The minimum absolute atomic E-state index is 0.0347. The van der Waals surface area contributed by atoms with Gasteiger partial charge in [-0.05, 0) is 85.3 Å². The minimum atomic E-state index is 0.0347. The van der Waals surface area contributed by atoms with Gasteiger partial charge in [0, 0.05) is 71.7 Å². The molecule has 0 saturated heterocycles. The lowest BCUT2D eigenvalue weighted by molar-refractivity contribution is 0.495. The van der Waals surface area contributed by atoms with E-state index in [1.165, 1.54) is 4.68 Å². The van der Waals surface area contributed by atoms with Gasteiger partial charge in [-0.25, -0.2) is 9.67 Å². The zero-order chi connectivity index (χ0) is 40.0. The van der Waals surface area contributed by atoms with Crippen LogP contribution in [0.2, 0.25) is 0 Å². The predicted molar refractivity (Wildman–Crippen MR) is 214 cm³/mol. The molecular formula is C41H65N7O4. The highest BCUT2D eigenvalue weighted by Crippen LogP contribution is 2.11. The molecular weight excluding hydrogens is 654 g/mol. The largest absolute Gasteiger partial charge is 0.313 e. The van der Waals surface area contributed by atoms with Crippen LogP contribution in [0.3, 0.4) is 0 Å². The maximum atomic E-state index is 11.8. The molecule has 0 aliphatic carbocycles. The van der Waals surface area contributed by atoms with Gasteiger partial charge in [0.05, 0.1) is 12.4 Å². The van der Waals surface area contributed by atoms with Gasteiger partial charge >= 0.3 is 0 Å². The first-order valence-electron chi connectivity index (χ1n) is 18.6. The van der Waals surface area contributed by atoms with E-state index in [-0.39, 0.29) is 64.2 Å². The molecule has 0 spiro atoms. The number of pyridine rings is 1. The lowest BCUT2D eigenvalue weighted by atomic mass is 10.1. The average molecular weight is 720 g/mol. The van der Waals surface area contributed by atoms with E-state index in [4.69, 9.17) is 0 Å². The molecule has 0 bridgehead atoms. The van der Waals surface area contributed by atoms with Gasteiger partial charge in [0.1, 0.15) is 5.69 Å². The highest BCUT2D eigenvalue weighted by Gasteiger charge is 2.12. The molecule has 0 saturated carbocycles. The third-order valence-corrected chi connectivity index (χ3v) is 8.26. The molecule has 0 aromatic carbocycles. The second-order valence-corrected chi connectivity index (χ2v) is 15.3. The van der Waals surface area contributed by atoms with Gasteiger partial charge < -0.3 is 9.13 Å². The normalized spacial score (nSPS) is 11.2. The fourth-order valence-corrected chi connectivity index (χ4v) is 5.07. The Morgan fingerprint density at radius 1 is 0.481 bits per heavy atom. The van der Waals surface area contributed by atoms with Crippen molar-refractivity contribution in [3.05, 3.63) is 119 Å². The van der Waals surface area contributed by atoms with Crippen LogP contribution in [-0.2, 0) is 0 Å². The topological polar surface area (TPSA) is 127 Å². The van der Waals surface area contributed by atoms with E-state index in [0.29, 0.717) is 11.6 Å². The highest BCUT2D eigenvalue weighted by atomic mass is 16.1. The Morgan fingerprint density at radius 2 is 0.962 bits per heavy atom. The predicted octanol–water partition coefficient (Wildman–Crippen LogP) is 8.40. The maximum Gasteiger partial charge on any atom is 0.272 e. The maximum absolute atomic E-state index is 11.8. The molecule has 4 aromatic rings. The molecule has 4 aromatic heterocycles. The number of nitrogens with zero attached hydrogens (tertiary/aromatic N) is 7. The summed E-state index contributed by atoms with van der Waals surface area (Å²) in [4.78, 5) is 55.2. The lowest BCUT2D eigenvalue weighted by Gasteiger charge is -2.12. The molecule has 0 amide bonds. The first-order valence-corrected chi connectivity index (χ1v) is 18.6. The third kappa shape index (κ3) is 13.0. The molecule has 4 heterocycles. The fourth-order valence-electron chi connectivity index (χ4n) is 5.07. The van der Waals surface area contributed by atoms with Crippen molar-refractivity contribution in [2.45, 2.75) is 159 Å². The molecule has 288 valence electrons. The SMILES string of the molecule is CC(C)c1cccn(C(C)C)c1=O.CC(C)c1ccnn(C(C)C)c1=O.CC(C)c1cncn(C(C)C)c1=O.CC(C)c1nccn(C(C)C)c1=O. The van der Waals surface area contributed by atoms with Crippen LogP contribution < -0.4 is 22.2 Å². The van der Waals surface area contributed by atoms with E-state index in [2.05, 4.69) is 15.1 Å². The zero-order valence-corrected chi connectivity index (χ0v) is 34.6. The number of hydrogen-bond acceptors (Lipinski definition) is 7. The van der Waals surface area contributed by atoms with Crippen LogP contribution in [0.1, 0.15) is 181 Å². The standard InChI is InChI=1S/C11H17NO.3C10H16N2O/c1-8(2)10-6-5-7-12(9(3)4)11(10)13;1-7(2)9-5-11-6-12(8(3)4)10(9)13;1-7(2)9-10(13)12(8(3)4)6-5-11-9;1-7(2)9-5-6-11-12(8(3)4)10(9)13/h5-9H,1-4H3;3*5-8H,1-4H3. The van der Waals surface area contributed by atoms with Crippen LogP contribution in [0.4, 0.5) is 0 Å². The van der Waals surface area contributed by atoms with Crippen LogP contribution in [-0.4, -0.2) is 33.4 Å². The van der Waals surface area contributed by atoms with Crippen molar-refractivity contribution in [1.29, 1.82) is 0 Å². The molecule has 0 radical (unpaired) electrons. The van der Waals surface area contributed by atoms with Gasteiger partial charge in [-0.2, -0.15) is 5.10 Å². The van der Waals surface area contributed by atoms with Crippen molar-refractivity contribution in [2.24, 2.45) is 0 Å². The summed E-state index contributed by atoms with van der Waals surface area (Å²) in [5, 5.41) is 4.03. The molecule has 0 aliphatic rings. The molecule has 0 N–H and O–H groups in total. The lowest BCUT2D eigenvalue weighted by Crippen LogP contribution is -2.27. The van der Waals surface area contributed by atoms with E-state index < -0.39 is 0 Å². The number of aromatic nitrogens is 7. The van der Waals surface area contributed by atoms with Crippen LogP contribution in [0, 0.1) is 0 Å². The minimum Gasteiger partial charge on any atom is -0.313 e. The summed E-state index contributed by atoms with van der Waals surface area (Å²) in [5.74, 6) is 1.00. The van der Waals surface area contributed by atoms with Gasteiger partial charge in [-0.3, -0.25) is 28.7 Å². The van der Waals surface area contributed by atoms with Crippen molar-refractivity contribution in [2.75, 3.05) is 0 Å². The first kappa shape index (κ1) is 45.6. The molecule has 11 heteroatoms. The summed E-state index contributed by atoms with van der Waals surface area (Å²) in [6.45, 7) is 32.0. The Kier molecular flexibility index (Phi) is 18.6. The second kappa shape index (κ2) is 21.2. The monoisotopic (exact) mass is 720 g/mol. The van der Waals surface area contributed by atoms with Crippen molar-refractivity contribution < 1.29 is 0 Å². The smallest absolute Gasteiger partial charge is 0.272 e. The summed E-state index contributed by atoms with van der Waals surface area (Å²) < 4.78 is 6.67. The van der Waals surface area contributed by atoms with Crippen molar-refractivity contribution in [1.82, 2.24) is 33.4 Å². The van der Waals surface area contributed by atoms with Crippen molar-refractivity contribution in [3.8, 4) is 0 Å². The number of hydrogen-bond donors (Lipinski definition) is 0. The Morgan fingerprint density at radius 3 is 1.42 bits per heavy atom. The molecule has 0 fully saturated rings. The molecule has 0 unspecified atom stereocenters. The summed E-state index contributed by atoms with van der Waals surface area (Å²) in [5.41, 5.74) is 3.47. The van der Waals surface area contributed by atoms with Crippen LogP contribution >= 0.6 is 0 Å². The summed E-state index contributed by atoms with van der Waals surface area (Å²) in [6.07, 6.45) is 10.2. The van der Waals surface area contributed by atoms with Crippen molar-refractivity contribution in [3.63, 3.8) is 0 Å². The molecule has 52 heavy (non-hydrogen) atoms. The molecule has 11 nitrogen and oxygen atoms in total. The van der Waals surface area contributed by atoms with Gasteiger partial charge in [0.15, 0.2) is 0 Å². The Hall–Kier alpha value is -4.41. The Labute approximate surface area is 310 Å². The second-order valence-electron chi connectivity index (χ2n) is 15.3. The van der Waals surface area contributed by atoms with Crippen LogP contribution in [0.15, 0.2) is 74.7 Å². The molecule has 0 aliphatic heterocycles. The third-order valence-electron chi connectivity index (χ3n) is 8.26. The van der Waals surface area contributed by atoms with E-state index in [0.717, 1.165) is 16.7 Å². The van der Waals surface area contributed by atoms with Crippen LogP contribution in [0.5, 0.6) is 0 Å². The van der Waals surface area contributed by atoms with Gasteiger partial charge in [0.2, 0.25) is 0 Å². The van der Waals surface area contributed by atoms with Crippen LogP contribution in [0.25, 0.3) is 0 Å². The van der Waals surface area contributed by atoms with Gasteiger partial charge in [0.25, 0.3) is 22.2 Å². The number of rotatable bonds is 8. The van der Waals surface area contributed by atoms with E-state index in [1.54, 1.807) is 50.9 Å². The molecule has 4 rings (SSSR count). The van der Waals surface area contributed by atoms with Crippen molar-refractivity contribution >= 4 is 0 Å². The average Bonchev–Trinajstić information content (AvgIpc) is 3.05. The fraction of sp³-hybridized carbons (Fsp3) is 0.585. The Balaban J connectivity index is 0.000000347. The van der Waals surface area contributed by atoms with Gasteiger partial charge in [-0.15, -0.1) is 0 Å². The summed E-state index contributed by atoms with van der Waals surface area (Å²) in [7, 11) is 0. The summed E-state index contributed by atoms with van der Waals surface area (Å²) >= 11 is 0. The quantitative estimate of drug-likeness (QED) is 0.179. The highest BCUT2D eigenvalue weighted by molar-refractivity contribution is 5.15. The summed E-state index contributed by atoms with van der Waals surface area (Å²) in [6, 6.07) is 6.40. The first-order chi connectivity index (χ1) is 24.1. The Bertz CT molecular complexity index is 1510. The van der Waals surface area contributed by atoms with E-state index in [9.17, 15) is 19.2 Å². The molecule has 0 atom stereocenters. The zero-order valence-electron chi connectivity index (χ0n) is 34.6.